The number of carboxylic acid groups (broad SMARTS) is 1. The van der Waals surface area contributed by atoms with Crippen LogP contribution in [0.25, 0.3) is 0 Å². The minimum absolute atomic E-state index is 0. The molecule has 38 valence electrons. The summed E-state index contributed by atoms with van der Waals surface area (Å²) >= 11 is 0. The molecule has 0 amide bonds. The van der Waals surface area contributed by atoms with Crippen molar-refractivity contribution in [3.63, 3.8) is 0 Å². The van der Waals surface area contributed by atoms with E-state index in [2.05, 4.69) is 0 Å². The fourth-order valence-corrected chi connectivity index (χ4v) is 0. The molecule has 2 nitrogen and oxygen atoms in total. The maximum atomic E-state index is 10.6. The first-order chi connectivity index (χ1) is 2.64. The average Bonchev–Trinajstić information content (AvgIpc) is 1.36. The van der Waals surface area contributed by atoms with E-state index >= 15 is 0 Å². The van der Waals surface area contributed by atoms with Gasteiger partial charge in [0.25, 0.3) is 0 Å². The van der Waals surface area contributed by atoms with Crippen LogP contribution in [-0.4, -0.2) is 36.4 Å². The Balaban J connectivity index is 0. The minimum atomic E-state index is -3.23. The van der Waals surface area contributed by atoms with E-state index < -0.39 is 12.4 Å². The van der Waals surface area contributed by atoms with Crippen LogP contribution in [0.1, 0.15) is 0 Å². The molecule has 0 bridgehead atoms. The number of hydrogen-bond donors (Lipinski definition) is 1. The Hall–Kier alpha value is -0.0726. The van der Waals surface area contributed by atoms with E-state index in [4.69, 9.17) is 9.90 Å². The molecule has 0 aliphatic heterocycles. The molecule has 0 aromatic carbocycles. The first-order valence-corrected chi connectivity index (χ1v) is 1.15. The van der Waals surface area contributed by atoms with Crippen LogP contribution in [-0.2, 0) is 4.79 Å². The third-order valence-corrected chi connectivity index (χ3v) is 0.187. The summed E-state index contributed by atoms with van der Waals surface area (Å²) in [6.07, 6.45) is -3.23. The van der Waals surface area contributed by atoms with E-state index in [1.807, 2.05) is 0 Å². The number of alkyl halides is 2. The predicted molar refractivity (Wildman–Crippen MR) is 20.8 cm³/mol. The van der Waals surface area contributed by atoms with Crippen molar-refractivity contribution in [1.82, 2.24) is 0 Å². The quantitative estimate of drug-likeness (QED) is 0.463. The van der Waals surface area contributed by atoms with Crippen molar-refractivity contribution in [1.29, 1.82) is 0 Å². The summed E-state index contributed by atoms with van der Waals surface area (Å²) in [4.78, 5) is 8.95. The topological polar surface area (TPSA) is 37.3 Å². The molecular weight excluding hydrogens is 101 g/mol. The first kappa shape index (κ1) is 10.0. The molecule has 0 unspecified atom stereocenters. The molecule has 0 spiro atoms. The van der Waals surface area contributed by atoms with Crippen LogP contribution in [0.4, 0.5) is 8.78 Å². The number of aliphatic carboxylic acids is 1. The maximum absolute atomic E-state index is 10.6. The number of carbonyl (C=O) groups is 1. The van der Waals surface area contributed by atoms with E-state index in [0.29, 0.717) is 0 Å². The van der Waals surface area contributed by atoms with Crippen molar-refractivity contribution >= 4 is 24.8 Å². The van der Waals surface area contributed by atoms with Crippen molar-refractivity contribution in [3.8, 4) is 0 Å². The summed E-state index contributed by atoms with van der Waals surface area (Å²) in [6.45, 7) is 0. The summed E-state index contributed by atoms with van der Waals surface area (Å²) in [6, 6.07) is 0. The van der Waals surface area contributed by atoms with Gasteiger partial charge in [0.1, 0.15) is 0 Å². The Kier molecular flexibility index (Phi) is 5.87. The van der Waals surface area contributed by atoms with Crippen LogP contribution in [0.2, 0.25) is 0 Å². The summed E-state index contributed by atoms with van der Waals surface area (Å²) in [5.41, 5.74) is 0. The molecule has 0 atom stereocenters. The Morgan fingerprint density at radius 3 is 1.71 bits per heavy atom. The Morgan fingerprint density at radius 1 is 1.57 bits per heavy atom. The third kappa shape index (κ3) is 5.93. The van der Waals surface area contributed by atoms with Gasteiger partial charge >= 0.3 is 31.3 Å². The molecule has 0 saturated heterocycles. The van der Waals surface area contributed by atoms with Gasteiger partial charge in [0, 0.05) is 0 Å². The fraction of sp³-hybridized carbons (Fsp3) is 0.500. The van der Waals surface area contributed by atoms with Crippen molar-refractivity contribution in [3.05, 3.63) is 0 Å². The Bertz CT molecular complexity index is 64.7. The molecule has 5 heteroatoms. The number of rotatable bonds is 1. The van der Waals surface area contributed by atoms with Crippen molar-refractivity contribution < 1.29 is 18.7 Å². The SMILES string of the molecule is O=C(O)C(F)F.[LiH]. The van der Waals surface area contributed by atoms with E-state index in [1.165, 1.54) is 0 Å². The molecule has 0 aliphatic carbocycles. The molecule has 0 aliphatic rings. The van der Waals surface area contributed by atoms with E-state index in [-0.39, 0.29) is 18.9 Å². The van der Waals surface area contributed by atoms with Crippen LogP contribution in [0.15, 0.2) is 0 Å². The predicted octanol–water partition coefficient (Wildman–Crippen LogP) is -0.312. The number of halogens is 2. The monoisotopic (exact) mass is 104 g/mol. The molecule has 0 rings (SSSR count). The van der Waals surface area contributed by atoms with Gasteiger partial charge in [-0.2, -0.15) is 8.78 Å². The van der Waals surface area contributed by atoms with Gasteiger partial charge < -0.3 is 5.11 Å². The van der Waals surface area contributed by atoms with Crippen LogP contribution < -0.4 is 0 Å². The third-order valence-electron chi connectivity index (χ3n) is 0.187. The zero-order chi connectivity index (χ0) is 5.15. The second-order valence-corrected chi connectivity index (χ2v) is 0.639. The van der Waals surface area contributed by atoms with Crippen LogP contribution in [0.3, 0.4) is 0 Å². The summed E-state index contributed by atoms with van der Waals surface area (Å²) in [5.74, 6) is -2.07. The molecule has 1 N–H and O–H groups in total. The second-order valence-electron chi connectivity index (χ2n) is 0.639. The van der Waals surface area contributed by atoms with E-state index in [0.717, 1.165) is 0 Å². The molecule has 0 fully saturated rings. The summed E-state index contributed by atoms with van der Waals surface area (Å²) < 4.78 is 21.1. The second kappa shape index (κ2) is 4.10. The number of hydrogen-bond acceptors (Lipinski definition) is 1. The van der Waals surface area contributed by atoms with E-state index in [9.17, 15) is 8.78 Å². The van der Waals surface area contributed by atoms with Gasteiger partial charge in [0.2, 0.25) is 0 Å². The average molecular weight is 104 g/mol. The van der Waals surface area contributed by atoms with Crippen molar-refractivity contribution in [2.24, 2.45) is 0 Å². The summed E-state index contributed by atoms with van der Waals surface area (Å²) in [5, 5.41) is 7.24. The summed E-state index contributed by atoms with van der Waals surface area (Å²) in [7, 11) is 0. The molecule has 0 heterocycles. The van der Waals surface area contributed by atoms with Gasteiger partial charge in [0.15, 0.2) is 0 Å². The first-order valence-electron chi connectivity index (χ1n) is 1.15. The molecule has 0 radical (unpaired) electrons. The Labute approximate surface area is 50.7 Å². The van der Waals surface area contributed by atoms with Gasteiger partial charge in [0.05, 0.1) is 0 Å². The Morgan fingerprint density at radius 2 is 1.71 bits per heavy atom. The molecular formula is C2H3F2LiO2. The fourth-order valence-electron chi connectivity index (χ4n) is 0. The zero-order valence-corrected chi connectivity index (χ0v) is 2.69. The van der Waals surface area contributed by atoms with Gasteiger partial charge in [-0.25, -0.2) is 4.79 Å². The molecule has 0 aromatic heterocycles. The van der Waals surface area contributed by atoms with Gasteiger partial charge in [-0.05, 0) is 0 Å². The van der Waals surface area contributed by atoms with Crippen molar-refractivity contribution in [2.45, 2.75) is 6.43 Å². The molecule has 0 aromatic rings. The van der Waals surface area contributed by atoms with Crippen LogP contribution in [0, 0.1) is 0 Å². The normalized spacial score (nSPS) is 7.86. The van der Waals surface area contributed by atoms with Gasteiger partial charge in [-0.3, -0.25) is 0 Å². The standard InChI is InChI=1S/C2H2F2O2.Li.H/c3-1(4)2(5)6;;/h1H,(H,5,6);;. The van der Waals surface area contributed by atoms with Crippen LogP contribution in [0.5, 0.6) is 0 Å². The van der Waals surface area contributed by atoms with Crippen LogP contribution >= 0.6 is 0 Å². The van der Waals surface area contributed by atoms with Gasteiger partial charge in [-0.1, -0.05) is 0 Å². The molecule has 0 saturated carbocycles. The number of carboxylic acids is 1. The molecule has 7 heavy (non-hydrogen) atoms. The zero-order valence-electron chi connectivity index (χ0n) is 2.69. The van der Waals surface area contributed by atoms with Gasteiger partial charge in [-0.15, -0.1) is 0 Å². The van der Waals surface area contributed by atoms with Crippen molar-refractivity contribution in [2.75, 3.05) is 0 Å². The van der Waals surface area contributed by atoms with E-state index in [1.54, 1.807) is 0 Å².